The summed E-state index contributed by atoms with van der Waals surface area (Å²) in [5.74, 6) is -3.15. The highest BCUT2D eigenvalue weighted by molar-refractivity contribution is 6.38. The number of Topliss-reactive ketones (excluding diaryl/α,β-unsaturated/α-hetero) is 1. The molecule has 4 atom stereocenters. The highest BCUT2D eigenvalue weighted by Crippen LogP contribution is 2.27. The van der Waals surface area contributed by atoms with Gasteiger partial charge in [0.15, 0.2) is 0 Å². The van der Waals surface area contributed by atoms with Crippen LogP contribution >= 0.6 is 0 Å². The summed E-state index contributed by atoms with van der Waals surface area (Å²) >= 11 is 0. The van der Waals surface area contributed by atoms with Crippen molar-refractivity contribution in [2.75, 3.05) is 19.6 Å². The Kier molecular flexibility index (Phi) is 12.7. The van der Waals surface area contributed by atoms with Crippen LogP contribution in [0.3, 0.4) is 0 Å². The fraction of sp³-hybridized carbons (Fsp3) is 0.710. The average Bonchev–Trinajstić information content (AvgIpc) is 3.54. The van der Waals surface area contributed by atoms with Gasteiger partial charge in [-0.1, -0.05) is 61.0 Å². The summed E-state index contributed by atoms with van der Waals surface area (Å²) in [4.78, 5) is 92.7. The molecule has 0 aromatic rings. The number of carbonyl (C=O) groups is 7. The van der Waals surface area contributed by atoms with Gasteiger partial charge in [-0.15, -0.1) is 6.58 Å². The Hall–Kier alpha value is -3.77. The predicted octanol–water partition coefficient (Wildman–Crippen LogP) is 1.41. The van der Waals surface area contributed by atoms with Crippen molar-refractivity contribution in [2.45, 2.75) is 111 Å². The van der Waals surface area contributed by atoms with Crippen LogP contribution in [0.4, 0.5) is 4.79 Å². The third kappa shape index (κ3) is 9.62. The van der Waals surface area contributed by atoms with Crippen LogP contribution < -0.4 is 21.3 Å². The minimum Gasteiger partial charge on any atom is -0.346 e. The lowest BCUT2D eigenvalue weighted by atomic mass is 9.85. The average molecular weight is 619 g/mol. The molecule has 7 amide bonds. The van der Waals surface area contributed by atoms with E-state index in [0.717, 1.165) is 4.90 Å². The number of hydrogen-bond acceptors (Lipinski definition) is 7. The van der Waals surface area contributed by atoms with Crippen LogP contribution in [-0.2, 0) is 28.8 Å². The molecular weight excluding hydrogens is 568 g/mol. The molecule has 2 saturated heterocycles. The van der Waals surface area contributed by atoms with Crippen molar-refractivity contribution in [2.24, 2.45) is 10.8 Å². The SMILES string of the molecule is C=CCNC(=O)C(=O)C(CCC)NC(=O)[C@@H]1CCCN1C(=O)[C@@H](NC(=O)N[C@H](CN1C(=O)CCC1=O)C(C)(C)C)C(C)(C)C. The topological polar surface area (TPSA) is 174 Å². The van der Waals surface area contributed by atoms with Crippen LogP contribution in [0.5, 0.6) is 0 Å². The number of urea groups is 1. The molecule has 0 aliphatic carbocycles. The van der Waals surface area contributed by atoms with Gasteiger partial charge in [0.25, 0.3) is 5.91 Å². The van der Waals surface area contributed by atoms with Crippen molar-refractivity contribution in [3.63, 3.8) is 0 Å². The Morgan fingerprint density at radius 3 is 2.09 bits per heavy atom. The summed E-state index contributed by atoms with van der Waals surface area (Å²) in [6.45, 7) is 16.8. The maximum Gasteiger partial charge on any atom is 0.315 e. The van der Waals surface area contributed by atoms with Gasteiger partial charge in [0, 0.05) is 32.5 Å². The van der Waals surface area contributed by atoms with E-state index in [2.05, 4.69) is 27.8 Å². The number of rotatable bonds is 13. The van der Waals surface area contributed by atoms with Gasteiger partial charge in [0.2, 0.25) is 29.4 Å². The number of hydrogen-bond donors (Lipinski definition) is 4. The molecule has 0 bridgehead atoms. The lowest BCUT2D eigenvalue weighted by Crippen LogP contribution is -2.62. The predicted molar refractivity (Wildman–Crippen MR) is 164 cm³/mol. The van der Waals surface area contributed by atoms with Crippen molar-refractivity contribution in [1.82, 2.24) is 31.1 Å². The lowest BCUT2D eigenvalue weighted by molar-refractivity contribution is -0.143. The Balaban J connectivity index is 2.19. The number of ketones is 1. The highest BCUT2D eigenvalue weighted by Gasteiger charge is 2.43. The van der Waals surface area contributed by atoms with E-state index in [1.807, 2.05) is 27.7 Å². The molecule has 0 radical (unpaired) electrons. The van der Waals surface area contributed by atoms with Gasteiger partial charge >= 0.3 is 6.03 Å². The van der Waals surface area contributed by atoms with Gasteiger partial charge in [0.1, 0.15) is 12.1 Å². The fourth-order valence-electron chi connectivity index (χ4n) is 5.23. The first-order valence-electron chi connectivity index (χ1n) is 15.4. The van der Waals surface area contributed by atoms with Crippen LogP contribution in [0.2, 0.25) is 0 Å². The Morgan fingerprint density at radius 1 is 0.955 bits per heavy atom. The van der Waals surface area contributed by atoms with Gasteiger partial charge in [-0.25, -0.2) is 4.79 Å². The van der Waals surface area contributed by atoms with Crippen LogP contribution in [0, 0.1) is 10.8 Å². The minimum atomic E-state index is -1.04. The van der Waals surface area contributed by atoms with Crippen LogP contribution in [-0.4, -0.2) is 95.0 Å². The van der Waals surface area contributed by atoms with Crippen LogP contribution in [0.15, 0.2) is 12.7 Å². The van der Waals surface area contributed by atoms with Gasteiger partial charge in [-0.3, -0.25) is 33.7 Å². The Labute approximate surface area is 260 Å². The monoisotopic (exact) mass is 618 g/mol. The lowest BCUT2D eigenvalue weighted by Gasteiger charge is -2.37. The second-order valence-electron chi connectivity index (χ2n) is 13.6. The molecule has 0 aromatic heterocycles. The van der Waals surface area contributed by atoms with E-state index < -0.39 is 64.5 Å². The number of likely N-dealkylation sites (tertiary alicyclic amines) is 2. The molecule has 0 spiro atoms. The molecule has 2 aliphatic rings. The Bertz CT molecular complexity index is 1120. The molecular formula is C31H50N6O7. The molecule has 2 fully saturated rings. The second kappa shape index (κ2) is 15.3. The van der Waals surface area contributed by atoms with E-state index in [1.54, 1.807) is 20.8 Å². The zero-order valence-corrected chi connectivity index (χ0v) is 27.2. The molecule has 13 nitrogen and oxygen atoms in total. The quantitative estimate of drug-likeness (QED) is 0.137. The normalized spacial score (nSPS) is 19.2. The van der Waals surface area contributed by atoms with Crippen molar-refractivity contribution in [3.05, 3.63) is 12.7 Å². The molecule has 2 rings (SSSR count). The molecule has 1 unspecified atom stereocenters. The summed E-state index contributed by atoms with van der Waals surface area (Å²) in [5.41, 5.74) is -1.27. The van der Waals surface area contributed by atoms with E-state index in [9.17, 15) is 33.6 Å². The number of amides is 7. The van der Waals surface area contributed by atoms with Crippen molar-refractivity contribution in [3.8, 4) is 0 Å². The largest absolute Gasteiger partial charge is 0.346 e. The number of imide groups is 1. The molecule has 4 N–H and O–H groups in total. The standard InChI is InChI=1S/C31H50N6O7/c1-9-12-19(24(40)27(42)32-16-10-2)33-26(41)20-13-11-17-36(20)28(43)25(31(6,7)8)35-29(44)34-21(30(3,4)5)18-37-22(38)14-15-23(37)39/h10,19-21,25H,2,9,11-18H2,1,3-8H3,(H,32,42)(H,33,41)(H2,34,35,44)/t19?,20-,21+,25+/m0/s1. The van der Waals surface area contributed by atoms with E-state index >= 15 is 0 Å². The zero-order chi connectivity index (χ0) is 33.4. The van der Waals surface area contributed by atoms with E-state index in [-0.39, 0.29) is 50.7 Å². The summed E-state index contributed by atoms with van der Waals surface area (Å²) in [7, 11) is 0. The van der Waals surface area contributed by atoms with Crippen LogP contribution in [0.1, 0.15) is 87.0 Å². The molecule has 2 heterocycles. The molecule has 44 heavy (non-hydrogen) atoms. The number of carbonyl (C=O) groups excluding carboxylic acids is 7. The third-order valence-electron chi connectivity index (χ3n) is 7.94. The van der Waals surface area contributed by atoms with Crippen molar-refractivity contribution < 1.29 is 33.6 Å². The van der Waals surface area contributed by atoms with Gasteiger partial charge in [-0.05, 0) is 30.1 Å². The molecule has 246 valence electrons. The summed E-state index contributed by atoms with van der Waals surface area (Å²) in [6.07, 6.45) is 3.43. The van der Waals surface area contributed by atoms with Crippen LogP contribution in [0.25, 0.3) is 0 Å². The smallest absolute Gasteiger partial charge is 0.315 e. The number of nitrogens with one attached hydrogen (secondary N) is 4. The third-order valence-corrected chi connectivity index (χ3v) is 7.94. The molecule has 0 saturated carbocycles. The number of nitrogens with zero attached hydrogens (tertiary/aromatic N) is 2. The molecule has 13 heteroatoms. The summed E-state index contributed by atoms with van der Waals surface area (Å²) in [6, 6.07) is -4.18. The zero-order valence-electron chi connectivity index (χ0n) is 27.2. The van der Waals surface area contributed by atoms with E-state index in [4.69, 9.17) is 0 Å². The molecule has 0 aromatic carbocycles. The minimum absolute atomic E-state index is 0.0142. The fourth-order valence-corrected chi connectivity index (χ4v) is 5.23. The van der Waals surface area contributed by atoms with E-state index in [1.165, 1.54) is 11.0 Å². The first kappa shape index (κ1) is 36.4. The summed E-state index contributed by atoms with van der Waals surface area (Å²) < 4.78 is 0. The van der Waals surface area contributed by atoms with E-state index in [0.29, 0.717) is 19.3 Å². The van der Waals surface area contributed by atoms with Crippen molar-refractivity contribution >= 4 is 41.4 Å². The summed E-state index contributed by atoms with van der Waals surface area (Å²) in [5, 5.41) is 10.7. The van der Waals surface area contributed by atoms with Gasteiger partial charge in [0.05, 0.1) is 12.1 Å². The maximum absolute atomic E-state index is 13.9. The maximum atomic E-state index is 13.9. The Morgan fingerprint density at radius 2 is 1.57 bits per heavy atom. The highest BCUT2D eigenvalue weighted by atomic mass is 16.2. The van der Waals surface area contributed by atoms with Gasteiger partial charge in [-0.2, -0.15) is 0 Å². The molecule has 2 aliphatic heterocycles. The van der Waals surface area contributed by atoms with Gasteiger partial charge < -0.3 is 26.2 Å². The first-order chi connectivity index (χ1) is 20.4. The first-order valence-corrected chi connectivity index (χ1v) is 15.4. The van der Waals surface area contributed by atoms with Crippen molar-refractivity contribution in [1.29, 1.82) is 0 Å². The second-order valence-corrected chi connectivity index (χ2v) is 13.6.